The first-order chi connectivity index (χ1) is 10.0. The quantitative estimate of drug-likeness (QED) is 0.807. The molecular formula is C13H13N3O3S2. The lowest BCUT2D eigenvalue weighted by molar-refractivity contribution is -0.157. The number of carbonyl (C=O) groups is 2. The van der Waals surface area contributed by atoms with Crippen molar-refractivity contribution in [1.29, 1.82) is 0 Å². The average molecular weight is 323 g/mol. The van der Waals surface area contributed by atoms with Crippen molar-refractivity contribution in [2.45, 2.75) is 24.4 Å². The predicted octanol–water partition coefficient (Wildman–Crippen LogP) is 1.04. The zero-order valence-corrected chi connectivity index (χ0v) is 12.7. The smallest absolute Gasteiger partial charge is 0.331 e. The van der Waals surface area contributed by atoms with Gasteiger partial charge in [0, 0.05) is 4.88 Å². The summed E-state index contributed by atoms with van der Waals surface area (Å²) in [5.74, 6) is -1.36. The van der Waals surface area contributed by atoms with E-state index >= 15 is 0 Å². The number of thiazole rings is 1. The summed E-state index contributed by atoms with van der Waals surface area (Å²) < 4.78 is 0. The van der Waals surface area contributed by atoms with E-state index in [-0.39, 0.29) is 11.3 Å². The summed E-state index contributed by atoms with van der Waals surface area (Å²) in [5.41, 5.74) is 8.91. The molecule has 2 aliphatic rings. The van der Waals surface area contributed by atoms with Gasteiger partial charge < -0.3 is 15.7 Å². The van der Waals surface area contributed by atoms with Gasteiger partial charge in [-0.2, -0.15) is 0 Å². The van der Waals surface area contributed by atoms with Gasteiger partial charge in [-0.25, -0.2) is 9.78 Å². The minimum absolute atomic E-state index is 0.277. The largest absolute Gasteiger partial charge is 0.479 e. The highest BCUT2D eigenvalue weighted by molar-refractivity contribution is 8.03. The molecule has 6 nitrogen and oxygen atoms in total. The highest BCUT2D eigenvalue weighted by Crippen LogP contribution is 2.39. The minimum atomic E-state index is -1.04. The van der Waals surface area contributed by atoms with Crippen molar-refractivity contribution < 1.29 is 14.7 Å². The predicted molar refractivity (Wildman–Crippen MR) is 81.6 cm³/mol. The van der Waals surface area contributed by atoms with Crippen molar-refractivity contribution in [2.24, 2.45) is 5.73 Å². The van der Waals surface area contributed by atoms with Crippen LogP contribution in [-0.4, -0.2) is 44.3 Å². The van der Waals surface area contributed by atoms with E-state index in [1.165, 1.54) is 28.0 Å². The Morgan fingerprint density at radius 2 is 2.29 bits per heavy atom. The molecule has 0 aliphatic carbocycles. The first-order valence-corrected chi connectivity index (χ1v) is 8.07. The average Bonchev–Trinajstić information content (AvgIpc) is 2.88. The number of aliphatic carboxylic acids is 1. The topological polar surface area (TPSA) is 96.5 Å². The van der Waals surface area contributed by atoms with Crippen LogP contribution >= 0.6 is 23.1 Å². The van der Waals surface area contributed by atoms with Crippen LogP contribution in [0, 0.1) is 6.92 Å². The number of nitrogens with two attached hydrogens (primary N) is 1. The van der Waals surface area contributed by atoms with Gasteiger partial charge in [0.1, 0.15) is 11.4 Å². The SMILES string of the molecule is Cc1ncsc1/C=C\C1=CS[C@@H]2[C@H](N)C(=O)N2C1C(=O)O. The van der Waals surface area contributed by atoms with E-state index in [9.17, 15) is 14.7 Å². The normalized spacial score (nSPS) is 28.3. The lowest BCUT2D eigenvalue weighted by atomic mass is 9.98. The standard InChI is InChI=1S/C13H13N3O3S2/c1-6-8(21-5-15-6)3-2-7-4-20-12-9(14)11(17)16(12)10(7)13(18)19/h2-5,9-10,12H,14H2,1H3,(H,18,19)/b3-2-/t9-,10?,12-/m1/s1. The molecule has 0 aromatic carbocycles. The lowest BCUT2D eigenvalue weighted by Crippen LogP contribution is -2.72. The summed E-state index contributed by atoms with van der Waals surface area (Å²) in [4.78, 5) is 29.8. The number of hydrogen-bond acceptors (Lipinski definition) is 6. The third-order valence-electron chi connectivity index (χ3n) is 3.50. The van der Waals surface area contributed by atoms with Crippen LogP contribution in [0.3, 0.4) is 0 Å². The van der Waals surface area contributed by atoms with Gasteiger partial charge in [0.05, 0.1) is 11.2 Å². The molecule has 3 rings (SSSR count). The maximum Gasteiger partial charge on any atom is 0.331 e. The van der Waals surface area contributed by atoms with Crippen molar-refractivity contribution in [1.82, 2.24) is 9.88 Å². The number of thioether (sulfide) groups is 1. The number of carbonyl (C=O) groups excluding carboxylic acids is 1. The summed E-state index contributed by atoms with van der Waals surface area (Å²) in [6.45, 7) is 1.89. The Balaban J connectivity index is 1.89. The number of aromatic nitrogens is 1. The molecule has 1 fully saturated rings. The van der Waals surface area contributed by atoms with Gasteiger partial charge in [-0.1, -0.05) is 6.08 Å². The minimum Gasteiger partial charge on any atom is -0.479 e. The molecule has 1 aromatic rings. The number of hydrogen-bond donors (Lipinski definition) is 2. The number of β-lactam (4-membered cyclic amide) rings is 1. The molecule has 2 aliphatic heterocycles. The first kappa shape index (κ1) is 14.3. The molecule has 1 saturated heterocycles. The number of aryl methyl sites for hydroxylation is 1. The summed E-state index contributed by atoms with van der Waals surface area (Å²) in [6.07, 6.45) is 3.57. The van der Waals surface area contributed by atoms with E-state index in [4.69, 9.17) is 5.73 Å². The van der Waals surface area contributed by atoms with Gasteiger partial charge >= 0.3 is 5.97 Å². The Labute approximate surface area is 129 Å². The Hall–Kier alpha value is -1.64. The summed E-state index contributed by atoms with van der Waals surface area (Å²) in [6, 6.07) is -1.57. The van der Waals surface area contributed by atoms with E-state index in [2.05, 4.69) is 4.98 Å². The van der Waals surface area contributed by atoms with Crippen LogP contribution in [0.2, 0.25) is 0 Å². The molecule has 1 unspecified atom stereocenters. The maximum absolute atomic E-state index is 11.8. The fourth-order valence-electron chi connectivity index (χ4n) is 2.34. The lowest BCUT2D eigenvalue weighted by Gasteiger charge is -2.49. The number of carboxylic acid groups (broad SMARTS) is 1. The third kappa shape index (κ3) is 2.29. The number of fused-ring (bicyclic) bond motifs is 1. The van der Waals surface area contributed by atoms with E-state index in [1.54, 1.807) is 17.0 Å². The number of nitrogens with zero attached hydrogens (tertiary/aromatic N) is 2. The molecule has 0 bridgehead atoms. The Morgan fingerprint density at radius 3 is 2.90 bits per heavy atom. The number of amides is 1. The molecule has 0 spiro atoms. The van der Waals surface area contributed by atoms with Crippen molar-refractivity contribution in [3.63, 3.8) is 0 Å². The second-order valence-corrected chi connectivity index (χ2v) is 6.67. The van der Waals surface area contributed by atoms with Crippen LogP contribution in [0.4, 0.5) is 0 Å². The highest BCUT2D eigenvalue weighted by atomic mass is 32.2. The van der Waals surface area contributed by atoms with Crippen molar-refractivity contribution in [3.8, 4) is 0 Å². The number of carboxylic acids is 1. The van der Waals surface area contributed by atoms with E-state index < -0.39 is 18.1 Å². The maximum atomic E-state index is 11.8. The second-order valence-electron chi connectivity index (χ2n) is 4.79. The van der Waals surface area contributed by atoms with Crippen LogP contribution in [0.15, 0.2) is 22.6 Å². The highest BCUT2D eigenvalue weighted by Gasteiger charge is 2.53. The molecule has 8 heteroatoms. The molecule has 21 heavy (non-hydrogen) atoms. The van der Waals surface area contributed by atoms with Crippen LogP contribution in [0.5, 0.6) is 0 Å². The van der Waals surface area contributed by atoms with Gasteiger partial charge in [0.15, 0.2) is 6.04 Å². The summed E-state index contributed by atoms with van der Waals surface area (Å²) in [5, 5.41) is 10.9. The Kier molecular flexibility index (Phi) is 3.60. The van der Waals surface area contributed by atoms with Gasteiger partial charge in [0.2, 0.25) is 5.91 Å². The third-order valence-corrected chi connectivity index (χ3v) is 5.61. The van der Waals surface area contributed by atoms with Crippen molar-refractivity contribution in [3.05, 3.63) is 33.1 Å². The zero-order valence-electron chi connectivity index (χ0n) is 11.1. The molecule has 3 N–H and O–H groups in total. The van der Waals surface area contributed by atoms with E-state index in [1.807, 2.05) is 13.0 Å². The fraction of sp³-hybridized carbons (Fsp3) is 0.308. The monoisotopic (exact) mass is 323 g/mol. The van der Waals surface area contributed by atoms with Crippen molar-refractivity contribution >= 4 is 41.1 Å². The molecular weight excluding hydrogens is 310 g/mol. The molecule has 0 saturated carbocycles. The molecule has 1 aromatic heterocycles. The van der Waals surface area contributed by atoms with E-state index in [0.29, 0.717) is 5.57 Å². The zero-order chi connectivity index (χ0) is 15.1. The van der Waals surface area contributed by atoms with Gasteiger partial charge in [-0.05, 0) is 24.0 Å². The molecule has 1 amide bonds. The summed E-state index contributed by atoms with van der Waals surface area (Å²) >= 11 is 2.87. The molecule has 110 valence electrons. The second kappa shape index (κ2) is 5.28. The molecule has 3 atom stereocenters. The van der Waals surface area contributed by atoms with Crippen LogP contribution in [0.25, 0.3) is 6.08 Å². The Bertz CT molecular complexity index is 667. The van der Waals surface area contributed by atoms with Crippen LogP contribution in [-0.2, 0) is 9.59 Å². The van der Waals surface area contributed by atoms with Crippen molar-refractivity contribution in [2.75, 3.05) is 0 Å². The van der Waals surface area contributed by atoms with E-state index in [0.717, 1.165) is 10.6 Å². The first-order valence-electron chi connectivity index (χ1n) is 6.25. The summed E-state index contributed by atoms with van der Waals surface area (Å²) in [7, 11) is 0. The molecule has 3 heterocycles. The Morgan fingerprint density at radius 1 is 1.52 bits per heavy atom. The van der Waals surface area contributed by atoms with Gasteiger partial charge in [0.25, 0.3) is 0 Å². The fourth-order valence-corrected chi connectivity index (χ4v) is 4.18. The van der Waals surface area contributed by atoms with Crippen LogP contribution < -0.4 is 5.73 Å². The van der Waals surface area contributed by atoms with Crippen LogP contribution in [0.1, 0.15) is 10.6 Å². The molecule has 0 radical (unpaired) electrons. The van der Waals surface area contributed by atoms with Gasteiger partial charge in [-0.3, -0.25) is 4.79 Å². The van der Waals surface area contributed by atoms with Gasteiger partial charge in [-0.15, -0.1) is 23.1 Å². The number of rotatable bonds is 3.